The fraction of sp³-hybridized carbons (Fsp3) is 0. The summed E-state index contributed by atoms with van der Waals surface area (Å²) >= 11 is 0. The molecule has 9 aromatic rings. The molecule has 0 saturated carbocycles. The molecule has 0 aliphatic carbocycles. The molecule has 7 aromatic carbocycles. The Balaban J connectivity index is 1.40. The highest BCUT2D eigenvalue weighted by Gasteiger charge is 2.21. The lowest BCUT2D eigenvalue weighted by Gasteiger charge is -2.17. The van der Waals surface area contributed by atoms with Crippen LogP contribution < -0.4 is 5.73 Å². The van der Waals surface area contributed by atoms with E-state index in [-0.39, 0.29) is 0 Å². The van der Waals surface area contributed by atoms with E-state index >= 15 is 0 Å². The number of nitrogens with two attached hydrogens (primary N) is 1. The first kappa shape index (κ1) is 23.6. The van der Waals surface area contributed by atoms with Crippen LogP contribution in [-0.4, -0.2) is 0 Å². The van der Waals surface area contributed by atoms with E-state index in [0.717, 1.165) is 87.7 Å². The molecule has 0 unspecified atom stereocenters. The van der Waals surface area contributed by atoms with E-state index in [1.165, 1.54) is 0 Å². The fourth-order valence-corrected chi connectivity index (χ4v) is 6.70. The van der Waals surface area contributed by atoms with E-state index < -0.39 is 0 Å². The highest BCUT2D eigenvalue weighted by atomic mass is 16.3. The van der Waals surface area contributed by atoms with Crippen molar-refractivity contribution >= 4 is 71.1 Å². The number of hydrogen-bond donors (Lipinski definition) is 1. The number of furan rings is 2. The van der Waals surface area contributed by atoms with Crippen molar-refractivity contribution in [3.05, 3.63) is 127 Å². The van der Waals surface area contributed by atoms with Crippen LogP contribution in [0, 0.1) is 11.3 Å². The highest BCUT2D eigenvalue weighted by molar-refractivity contribution is 6.22. The summed E-state index contributed by atoms with van der Waals surface area (Å²) in [5.41, 5.74) is 15.3. The molecule has 0 aliphatic rings. The Morgan fingerprint density at radius 3 is 1.28 bits per heavy atom. The molecule has 0 atom stereocenters. The molecular formula is C39H22N2O2. The normalized spacial score (nSPS) is 11.8. The molecule has 4 nitrogen and oxygen atoms in total. The van der Waals surface area contributed by atoms with Gasteiger partial charge in [-0.15, -0.1) is 0 Å². The number of nitrogens with zero attached hydrogens (tertiary/aromatic N) is 1. The first-order chi connectivity index (χ1) is 21.2. The average molecular weight is 551 g/mol. The molecule has 9 rings (SSSR count). The van der Waals surface area contributed by atoms with E-state index in [4.69, 9.17) is 14.6 Å². The third kappa shape index (κ3) is 3.31. The molecule has 0 spiro atoms. The number of hydrogen-bond acceptors (Lipinski definition) is 4. The van der Waals surface area contributed by atoms with Gasteiger partial charge in [0.05, 0.1) is 11.6 Å². The molecule has 0 radical (unpaired) electrons. The molecule has 4 heteroatoms. The van der Waals surface area contributed by atoms with Crippen molar-refractivity contribution in [3.63, 3.8) is 0 Å². The summed E-state index contributed by atoms with van der Waals surface area (Å²) in [4.78, 5) is 0. The van der Waals surface area contributed by atoms with E-state index in [2.05, 4.69) is 54.6 Å². The van der Waals surface area contributed by atoms with Gasteiger partial charge in [-0.05, 0) is 58.3 Å². The van der Waals surface area contributed by atoms with Crippen molar-refractivity contribution in [2.45, 2.75) is 0 Å². The minimum absolute atomic E-state index is 0.543. The minimum atomic E-state index is 0.543. The molecule has 0 saturated heterocycles. The van der Waals surface area contributed by atoms with Gasteiger partial charge in [-0.25, -0.2) is 0 Å². The summed E-state index contributed by atoms with van der Waals surface area (Å²) in [7, 11) is 0. The van der Waals surface area contributed by atoms with Crippen molar-refractivity contribution in [2.75, 3.05) is 5.73 Å². The number of nitrogen functional groups attached to an aromatic ring is 1. The van der Waals surface area contributed by atoms with Crippen LogP contribution in [-0.2, 0) is 0 Å². The van der Waals surface area contributed by atoms with Crippen molar-refractivity contribution in [1.82, 2.24) is 0 Å². The van der Waals surface area contributed by atoms with Crippen LogP contribution in [0.5, 0.6) is 0 Å². The highest BCUT2D eigenvalue weighted by Crippen LogP contribution is 2.46. The van der Waals surface area contributed by atoms with E-state index in [1.54, 1.807) is 0 Å². The summed E-state index contributed by atoms with van der Waals surface area (Å²) in [5, 5.41) is 18.4. The van der Waals surface area contributed by atoms with Crippen molar-refractivity contribution in [3.8, 4) is 28.3 Å². The van der Waals surface area contributed by atoms with Gasteiger partial charge in [-0.3, -0.25) is 0 Å². The molecule has 2 aromatic heterocycles. The van der Waals surface area contributed by atoms with Gasteiger partial charge >= 0.3 is 0 Å². The molecule has 0 aliphatic heterocycles. The van der Waals surface area contributed by atoms with Gasteiger partial charge in [0.2, 0.25) is 0 Å². The zero-order valence-electron chi connectivity index (χ0n) is 22.9. The predicted molar refractivity (Wildman–Crippen MR) is 176 cm³/mol. The zero-order chi connectivity index (χ0) is 28.7. The van der Waals surface area contributed by atoms with Gasteiger partial charge in [0, 0.05) is 49.1 Å². The second-order valence-electron chi connectivity index (χ2n) is 11.0. The Morgan fingerprint density at radius 2 is 0.837 bits per heavy atom. The Labute approximate surface area is 245 Å². The number of fused-ring (bicyclic) bond motifs is 10. The Morgan fingerprint density at radius 1 is 0.442 bits per heavy atom. The molecule has 2 N–H and O–H groups in total. The SMILES string of the molecule is N#Cc1cc(-c2cc3c4ccccc4oc3c3ccccc23)c(N)c(-c2cc3c4ccccc4oc3c3ccccc23)c1. The molecule has 43 heavy (non-hydrogen) atoms. The summed E-state index contributed by atoms with van der Waals surface area (Å²) in [6, 6.07) is 43.1. The van der Waals surface area contributed by atoms with Crippen molar-refractivity contribution < 1.29 is 8.83 Å². The third-order valence-corrected chi connectivity index (χ3v) is 8.66. The number of para-hydroxylation sites is 2. The van der Waals surface area contributed by atoms with Crippen LogP contribution in [0.15, 0.2) is 130 Å². The lowest BCUT2D eigenvalue weighted by Crippen LogP contribution is -1.97. The van der Waals surface area contributed by atoms with Crippen LogP contribution in [0.25, 0.3) is 87.7 Å². The predicted octanol–water partition coefficient (Wildman–Crippen LogP) is 10.6. The molecule has 2 heterocycles. The number of benzene rings is 7. The van der Waals surface area contributed by atoms with E-state index in [0.29, 0.717) is 11.3 Å². The lowest BCUT2D eigenvalue weighted by atomic mass is 9.88. The second kappa shape index (κ2) is 8.72. The Kier molecular flexibility index (Phi) is 4.79. The smallest absolute Gasteiger partial charge is 0.143 e. The van der Waals surface area contributed by atoms with Crippen LogP contribution in [0.3, 0.4) is 0 Å². The first-order valence-corrected chi connectivity index (χ1v) is 14.2. The molecular weight excluding hydrogens is 528 g/mol. The average Bonchev–Trinajstić information content (AvgIpc) is 3.63. The van der Waals surface area contributed by atoms with Gasteiger partial charge < -0.3 is 14.6 Å². The van der Waals surface area contributed by atoms with Crippen LogP contribution in [0.4, 0.5) is 5.69 Å². The summed E-state index contributed by atoms with van der Waals surface area (Å²) < 4.78 is 12.7. The topological polar surface area (TPSA) is 76.1 Å². The monoisotopic (exact) mass is 550 g/mol. The lowest BCUT2D eigenvalue weighted by molar-refractivity contribution is 0.672. The van der Waals surface area contributed by atoms with Crippen molar-refractivity contribution in [2.24, 2.45) is 0 Å². The van der Waals surface area contributed by atoms with E-state index in [1.807, 2.05) is 72.8 Å². The molecule has 0 amide bonds. The molecule has 200 valence electrons. The zero-order valence-corrected chi connectivity index (χ0v) is 22.9. The minimum Gasteiger partial charge on any atom is -0.455 e. The summed E-state index contributed by atoms with van der Waals surface area (Å²) in [6.07, 6.45) is 0. The van der Waals surface area contributed by atoms with Gasteiger partial charge in [0.25, 0.3) is 0 Å². The fourth-order valence-electron chi connectivity index (χ4n) is 6.70. The maximum absolute atomic E-state index is 10.2. The van der Waals surface area contributed by atoms with Gasteiger partial charge in [0.15, 0.2) is 0 Å². The second-order valence-corrected chi connectivity index (χ2v) is 11.0. The Bertz CT molecular complexity index is 2480. The van der Waals surface area contributed by atoms with E-state index in [9.17, 15) is 5.26 Å². The molecule has 0 fully saturated rings. The number of rotatable bonds is 2. The standard InChI is InChI=1S/C39H22N2O2/c40-21-22-17-31(29-19-33-25-11-5-7-15-35(25)42-38(33)27-13-3-1-9-23(27)29)37(41)32(18-22)30-20-34-26-12-6-8-16-36(26)43-39(34)28-14-4-2-10-24(28)30/h1-20H,41H2. The quantitative estimate of drug-likeness (QED) is 0.217. The Hall–Kier alpha value is -6.05. The van der Waals surface area contributed by atoms with Gasteiger partial charge in [-0.2, -0.15) is 5.26 Å². The maximum Gasteiger partial charge on any atom is 0.143 e. The summed E-state index contributed by atoms with van der Waals surface area (Å²) in [6.45, 7) is 0. The number of nitriles is 1. The van der Waals surface area contributed by atoms with Gasteiger partial charge in [0.1, 0.15) is 22.3 Å². The largest absolute Gasteiger partial charge is 0.455 e. The van der Waals surface area contributed by atoms with Crippen LogP contribution in [0.2, 0.25) is 0 Å². The maximum atomic E-state index is 10.2. The third-order valence-electron chi connectivity index (χ3n) is 8.66. The molecule has 0 bridgehead atoms. The van der Waals surface area contributed by atoms with Gasteiger partial charge in [-0.1, -0.05) is 84.9 Å². The number of anilines is 1. The van der Waals surface area contributed by atoms with Crippen molar-refractivity contribution in [1.29, 1.82) is 5.26 Å². The van der Waals surface area contributed by atoms with Crippen LogP contribution >= 0.6 is 0 Å². The summed E-state index contributed by atoms with van der Waals surface area (Å²) in [5.74, 6) is 0. The van der Waals surface area contributed by atoms with Crippen LogP contribution in [0.1, 0.15) is 5.56 Å². The first-order valence-electron chi connectivity index (χ1n) is 14.2.